The molecule has 2 aromatic rings. The van der Waals surface area contributed by atoms with Crippen LogP contribution in [-0.4, -0.2) is 10.2 Å². The first-order valence-corrected chi connectivity index (χ1v) is 4.33. The van der Waals surface area contributed by atoms with Crippen molar-refractivity contribution in [2.75, 3.05) is 0 Å². The van der Waals surface area contributed by atoms with Gasteiger partial charge in [0.1, 0.15) is 6.07 Å². The van der Waals surface area contributed by atoms with Crippen molar-refractivity contribution in [1.29, 1.82) is 5.26 Å². The molecule has 3 heteroatoms. The Balaban J connectivity index is 2.63. The van der Waals surface area contributed by atoms with Crippen LogP contribution in [0.4, 0.5) is 0 Å². The number of aromatic nitrogens is 2. The van der Waals surface area contributed by atoms with E-state index in [0.717, 1.165) is 16.8 Å². The van der Waals surface area contributed by atoms with E-state index in [1.54, 1.807) is 0 Å². The van der Waals surface area contributed by atoms with Crippen molar-refractivity contribution >= 4 is 0 Å². The number of benzene rings is 1. The molecule has 0 aliphatic carbocycles. The van der Waals surface area contributed by atoms with Gasteiger partial charge in [0.05, 0.1) is 0 Å². The summed E-state index contributed by atoms with van der Waals surface area (Å²) >= 11 is 0. The molecule has 0 aliphatic rings. The lowest BCUT2D eigenvalue weighted by molar-refractivity contribution is 1.03. The zero-order valence-corrected chi connectivity index (χ0v) is 7.78. The lowest BCUT2D eigenvalue weighted by Gasteiger charge is -1.98. The molecule has 0 spiro atoms. The Morgan fingerprint density at radius 2 is 2.00 bits per heavy atom. The highest BCUT2D eigenvalue weighted by Crippen LogP contribution is 2.24. The number of H-pyrrole nitrogens is 1. The molecule has 0 fully saturated rings. The first-order chi connectivity index (χ1) is 6.83. The summed E-state index contributed by atoms with van der Waals surface area (Å²) < 4.78 is 0. The molecule has 1 N–H and O–H groups in total. The smallest absolute Gasteiger partial charge is 0.170 e. The summed E-state index contributed by atoms with van der Waals surface area (Å²) in [6.07, 6.45) is 0. The third-order valence-corrected chi connectivity index (χ3v) is 2.12. The van der Waals surface area contributed by atoms with E-state index < -0.39 is 0 Å². The molecule has 0 atom stereocenters. The Hall–Kier alpha value is -2.08. The fourth-order valence-corrected chi connectivity index (χ4v) is 1.47. The highest BCUT2D eigenvalue weighted by atomic mass is 15.1. The van der Waals surface area contributed by atoms with Gasteiger partial charge in [-0.2, -0.15) is 10.4 Å². The van der Waals surface area contributed by atoms with Crippen LogP contribution in [0.2, 0.25) is 0 Å². The maximum Gasteiger partial charge on any atom is 0.170 e. The van der Waals surface area contributed by atoms with Crippen molar-refractivity contribution in [3.8, 4) is 17.2 Å². The molecule has 0 saturated heterocycles. The van der Waals surface area contributed by atoms with E-state index in [0.29, 0.717) is 5.69 Å². The molecule has 0 aliphatic heterocycles. The molecule has 1 aromatic heterocycles. The molecule has 0 radical (unpaired) electrons. The second kappa shape index (κ2) is 3.35. The standard InChI is InChI=1S/C11H9N3/c1-8-11(10(7-12)14-13-8)9-5-3-2-4-6-9/h2-6H,1H3,(H,13,14). The van der Waals surface area contributed by atoms with Crippen LogP contribution in [0.5, 0.6) is 0 Å². The van der Waals surface area contributed by atoms with Gasteiger partial charge >= 0.3 is 0 Å². The van der Waals surface area contributed by atoms with E-state index in [2.05, 4.69) is 16.3 Å². The van der Waals surface area contributed by atoms with Gasteiger partial charge < -0.3 is 0 Å². The average molecular weight is 183 g/mol. The molecule has 68 valence electrons. The highest BCUT2D eigenvalue weighted by molar-refractivity contribution is 5.70. The molecular weight excluding hydrogens is 174 g/mol. The molecular formula is C11H9N3. The van der Waals surface area contributed by atoms with Gasteiger partial charge in [0, 0.05) is 11.3 Å². The van der Waals surface area contributed by atoms with Crippen molar-refractivity contribution in [1.82, 2.24) is 10.2 Å². The second-order valence-corrected chi connectivity index (χ2v) is 3.05. The Labute approximate surface area is 82.0 Å². The van der Waals surface area contributed by atoms with Gasteiger partial charge in [-0.05, 0) is 12.5 Å². The molecule has 0 amide bonds. The van der Waals surface area contributed by atoms with Crippen LogP contribution in [0.15, 0.2) is 30.3 Å². The third-order valence-electron chi connectivity index (χ3n) is 2.12. The maximum absolute atomic E-state index is 8.86. The van der Waals surface area contributed by atoms with Crippen molar-refractivity contribution in [3.05, 3.63) is 41.7 Å². The summed E-state index contributed by atoms with van der Waals surface area (Å²) in [5.41, 5.74) is 3.30. The minimum atomic E-state index is 0.453. The largest absolute Gasteiger partial charge is 0.281 e. The maximum atomic E-state index is 8.86. The molecule has 14 heavy (non-hydrogen) atoms. The van der Waals surface area contributed by atoms with Gasteiger partial charge in [-0.25, -0.2) is 0 Å². The Morgan fingerprint density at radius 3 is 2.64 bits per heavy atom. The number of nitriles is 1. The van der Waals surface area contributed by atoms with Crippen LogP contribution >= 0.6 is 0 Å². The van der Waals surface area contributed by atoms with Crippen molar-refractivity contribution in [2.24, 2.45) is 0 Å². The van der Waals surface area contributed by atoms with Crippen LogP contribution < -0.4 is 0 Å². The van der Waals surface area contributed by atoms with E-state index in [-0.39, 0.29) is 0 Å². The molecule has 1 heterocycles. The zero-order valence-electron chi connectivity index (χ0n) is 7.78. The van der Waals surface area contributed by atoms with Crippen molar-refractivity contribution in [2.45, 2.75) is 6.92 Å². The van der Waals surface area contributed by atoms with Crippen LogP contribution in [0.25, 0.3) is 11.1 Å². The summed E-state index contributed by atoms with van der Waals surface area (Å²) in [5, 5.41) is 15.6. The summed E-state index contributed by atoms with van der Waals surface area (Å²) in [5.74, 6) is 0. The topological polar surface area (TPSA) is 52.5 Å². The fourth-order valence-electron chi connectivity index (χ4n) is 1.47. The molecule has 0 bridgehead atoms. The van der Waals surface area contributed by atoms with Gasteiger partial charge in [0.25, 0.3) is 0 Å². The SMILES string of the molecule is Cc1[nH]nc(C#N)c1-c1ccccc1. The summed E-state index contributed by atoms with van der Waals surface area (Å²) in [4.78, 5) is 0. The van der Waals surface area contributed by atoms with Crippen molar-refractivity contribution in [3.63, 3.8) is 0 Å². The number of hydrogen-bond acceptors (Lipinski definition) is 2. The number of nitrogens with one attached hydrogen (secondary N) is 1. The predicted octanol–water partition coefficient (Wildman–Crippen LogP) is 2.26. The minimum absolute atomic E-state index is 0.453. The summed E-state index contributed by atoms with van der Waals surface area (Å²) in [7, 11) is 0. The number of aryl methyl sites for hydroxylation is 1. The van der Waals surface area contributed by atoms with Crippen LogP contribution in [-0.2, 0) is 0 Å². The monoisotopic (exact) mass is 183 g/mol. The molecule has 1 aromatic carbocycles. The van der Waals surface area contributed by atoms with E-state index in [1.165, 1.54) is 0 Å². The van der Waals surface area contributed by atoms with Crippen LogP contribution in [0, 0.1) is 18.3 Å². The van der Waals surface area contributed by atoms with E-state index in [1.807, 2.05) is 37.3 Å². The van der Waals surface area contributed by atoms with E-state index in [9.17, 15) is 0 Å². The number of aromatic amines is 1. The Morgan fingerprint density at radius 1 is 1.29 bits per heavy atom. The quantitative estimate of drug-likeness (QED) is 0.737. The lowest BCUT2D eigenvalue weighted by Crippen LogP contribution is -1.81. The molecule has 2 rings (SSSR count). The molecule has 0 saturated carbocycles. The fraction of sp³-hybridized carbons (Fsp3) is 0.0909. The van der Waals surface area contributed by atoms with Gasteiger partial charge in [-0.3, -0.25) is 5.10 Å². The zero-order chi connectivity index (χ0) is 9.97. The molecule has 0 unspecified atom stereocenters. The Kier molecular flexibility index (Phi) is 2.04. The molecule has 3 nitrogen and oxygen atoms in total. The number of rotatable bonds is 1. The lowest BCUT2D eigenvalue weighted by atomic mass is 10.0. The third kappa shape index (κ3) is 1.27. The first-order valence-electron chi connectivity index (χ1n) is 4.33. The summed E-state index contributed by atoms with van der Waals surface area (Å²) in [6, 6.07) is 11.9. The predicted molar refractivity (Wildman–Crippen MR) is 53.5 cm³/mol. The van der Waals surface area contributed by atoms with Crippen LogP contribution in [0.3, 0.4) is 0 Å². The Bertz CT molecular complexity index is 477. The van der Waals surface area contributed by atoms with E-state index in [4.69, 9.17) is 5.26 Å². The van der Waals surface area contributed by atoms with Gasteiger partial charge in [0.15, 0.2) is 5.69 Å². The number of nitrogens with zero attached hydrogens (tertiary/aromatic N) is 2. The average Bonchev–Trinajstić information content (AvgIpc) is 2.61. The van der Waals surface area contributed by atoms with E-state index >= 15 is 0 Å². The van der Waals surface area contributed by atoms with Gasteiger partial charge in [0.2, 0.25) is 0 Å². The second-order valence-electron chi connectivity index (χ2n) is 3.05. The summed E-state index contributed by atoms with van der Waals surface area (Å²) in [6.45, 7) is 1.91. The van der Waals surface area contributed by atoms with Crippen molar-refractivity contribution < 1.29 is 0 Å². The van der Waals surface area contributed by atoms with Crippen LogP contribution in [0.1, 0.15) is 11.4 Å². The minimum Gasteiger partial charge on any atom is -0.281 e. The normalized spacial score (nSPS) is 9.71. The highest BCUT2D eigenvalue weighted by Gasteiger charge is 2.10. The first kappa shape index (κ1) is 8.52. The van der Waals surface area contributed by atoms with Gasteiger partial charge in [-0.1, -0.05) is 30.3 Å². The van der Waals surface area contributed by atoms with Gasteiger partial charge in [-0.15, -0.1) is 0 Å². The number of hydrogen-bond donors (Lipinski definition) is 1.